The summed E-state index contributed by atoms with van der Waals surface area (Å²) in [6.45, 7) is 3.08. The molecule has 0 aromatic heterocycles. The maximum atomic E-state index is 13.4. The van der Waals surface area contributed by atoms with Crippen molar-refractivity contribution >= 4 is 28.0 Å². The van der Waals surface area contributed by atoms with E-state index >= 15 is 0 Å². The van der Waals surface area contributed by atoms with Crippen molar-refractivity contribution in [3.63, 3.8) is 0 Å². The SMILES string of the molecule is CCOC(=O)[C@@H]1CC2(CC[C@@H]1NC(=O)[C@H](CCS(C)(C)C)NC(=O)OCc1ccccc1)OCCO2. The van der Waals surface area contributed by atoms with Crippen LogP contribution >= 0.6 is 10.0 Å². The molecule has 3 rings (SSSR count). The van der Waals surface area contributed by atoms with E-state index in [1.54, 1.807) is 6.92 Å². The first-order valence-electron chi connectivity index (χ1n) is 12.5. The van der Waals surface area contributed by atoms with Crippen molar-refractivity contribution in [3.05, 3.63) is 35.9 Å². The first-order chi connectivity index (χ1) is 17.1. The lowest BCUT2D eigenvalue weighted by atomic mass is 9.80. The monoisotopic (exact) mass is 524 g/mol. The van der Waals surface area contributed by atoms with Crippen LogP contribution in [0.25, 0.3) is 0 Å². The number of hydrogen-bond donors (Lipinski definition) is 2. The van der Waals surface area contributed by atoms with Crippen LogP contribution in [0, 0.1) is 5.92 Å². The van der Waals surface area contributed by atoms with E-state index < -0.39 is 39.9 Å². The highest BCUT2D eigenvalue weighted by Gasteiger charge is 2.48. The Balaban J connectivity index is 1.66. The van der Waals surface area contributed by atoms with E-state index in [2.05, 4.69) is 29.4 Å². The highest BCUT2D eigenvalue weighted by Crippen LogP contribution is 2.40. The molecule has 1 aromatic carbocycles. The molecule has 1 aliphatic carbocycles. The van der Waals surface area contributed by atoms with Crippen LogP contribution in [-0.4, -0.2) is 80.2 Å². The summed E-state index contributed by atoms with van der Waals surface area (Å²) in [5.74, 6) is -1.32. The normalized spacial score (nSPS) is 22.4. The largest absolute Gasteiger partial charge is 0.466 e. The minimum Gasteiger partial charge on any atom is -0.466 e. The van der Waals surface area contributed by atoms with Crippen molar-refractivity contribution in [1.82, 2.24) is 10.6 Å². The molecular weight excluding hydrogens is 484 g/mol. The lowest BCUT2D eigenvalue weighted by molar-refractivity contribution is -0.199. The Bertz CT molecular complexity index is 884. The third kappa shape index (κ3) is 8.38. The summed E-state index contributed by atoms with van der Waals surface area (Å²) >= 11 is 0. The van der Waals surface area contributed by atoms with Crippen LogP contribution in [0.1, 0.15) is 38.2 Å². The molecule has 0 unspecified atom stereocenters. The van der Waals surface area contributed by atoms with Gasteiger partial charge in [-0.05, 0) is 49.8 Å². The van der Waals surface area contributed by atoms with Crippen molar-refractivity contribution < 1.29 is 33.3 Å². The first kappa shape index (κ1) is 28.3. The number of ether oxygens (including phenoxy) is 4. The molecule has 36 heavy (non-hydrogen) atoms. The van der Waals surface area contributed by atoms with Crippen molar-refractivity contribution in [2.75, 3.05) is 44.3 Å². The summed E-state index contributed by atoms with van der Waals surface area (Å²) in [5.41, 5.74) is 0.859. The Morgan fingerprint density at radius 2 is 1.81 bits per heavy atom. The highest BCUT2D eigenvalue weighted by molar-refractivity contribution is 8.32. The molecule has 1 spiro atoms. The molecule has 1 saturated carbocycles. The molecule has 2 fully saturated rings. The van der Waals surface area contributed by atoms with E-state index in [4.69, 9.17) is 18.9 Å². The van der Waals surface area contributed by atoms with Crippen molar-refractivity contribution in [1.29, 1.82) is 0 Å². The number of esters is 1. The summed E-state index contributed by atoms with van der Waals surface area (Å²) in [4.78, 5) is 38.7. The molecule has 2 amide bonds. The quantitative estimate of drug-likeness (QED) is 0.453. The second-order valence-electron chi connectivity index (χ2n) is 10.2. The number of benzene rings is 1. The number of nitrogens with one attached hydrogen (secondary N) is 2. The van der Waals surface area contributed by atoms with Gasteiger partial charge in [0.1, 0.15) is 12.6 Å². The van der Waals surface area contributed by atoms with Gasteiger partial charge in [0.2, 0.25) is 5.91 Å². The molecule has 1 saturated heterocycles. The lowest BCUT2D eigenvalue weighted by Crippen LogP contribution is -2.56. The van der Waals surface area contributed by atoms with Gasteiger partial charge in [-0.2, -0.15) is 0 Å². The molecule has 1 heterocycles. The number of carbonyl (C=O) groups is 3. The molecule has 1 aromatic rings. The number of amides is 2. The van der Waals surface area contributed by atoms with Gasteiger partial charge >= 0.3 is 12.1 Å². The Morgan fingerprint density at radius 1 is 1.11 bits per heavy atom. The Kier molecular flexibility index (Phi) is 10.0. The molecule has 0 bridgehead atoms. The number of hydrogen-bond acceptors (Lipinski definition) is 7. The first-order valence-corrected chi connectivity index (χ1v) is 15.5. The van der Waals surface area contributed by atoms with Crippen molar-refractivity contribution in [2.45, 2.75) is 57.1 Å². The molecule has 3 atom stereocenters. The summed E-state index contributed by atoms with van der Waals surface area (Å²) in [6.07, 6.45) is 7.69. The van der Waals surface area contributed by atoms with Gasteiger partial charge in [0.15, 0.2) is 5.79 Å². The van der Waals surface area contributed by atoms with Crippen molar-refractivity contribution in [3.8, 4) is 0 Å². The number of carbonyl (C=O) groups excluding carboxylic acids is 3. The van der Waals surface area contributed by atoms with Gasteiger partial charge in [-0.3, -0.25) is 9.59 Å². The average Bonchev–Trinajstić information content (AvgIpc) is 3.29. The van der Waals surface area contributed by atoms with Crippen LogP contribution in [0.2, 0.25) is 0 Å². The third-order valence-corrected chi connectivity index (χ3v) is 7.88. The Hall–Kier alpha value is -2.30. The van der Waals surface area contributed by atoms with Crippen LogP contribution in [0.5, 0.6) is 0 Å². The van der Waals surface area contributed by atoms with Gasteiger partial charge in [0.05, 0.1) is 25.7 Å². The smallest absolute Gasteiger partial charge is 0.408 e. The van der Waals surface area contributed by atoms with Gasteiger partial charge in [-0.25, -0.2) is 14.8 Å². The lowest BCUT2D eigenvalue weighted by Gasteiger charge is -2.40. The minimum atomic E-state index is -0.903. The van der Waals surface area contributed by atoms with Crippen LogP contribution in [0.4, 0.5) is 4.79 Å². The van der Waals surface area contributed by atoms with Gasteiger partial charge in [0, 0.05) is 18.9 Å². The summed E-state index contributed by atoms with van der Waals surface area (Å²) in [5, 5.41) is 5.76. The van der Waals surface area contributed by atoms with E-state index in [9.17, 15) is 14.4 Å². The van der Waals surface area contributed by atoms with Gasteiger partial charge in [0.25, 0.3) is 0 Å². The zero-order chi connectivity index (χ0) is 26.2. The van der Waals surface area contributed by atoms with Gasteiger partial charge in [-0.1, -0.05) is 30.3 Å². The van der Waals surface area contributed by atoms with Crippen LogP contribution in [-0.2, 0) is 35.1 Å². The zero-order valence-electron chi connectivity index (χ0n) is 21.7. The third-order valence-electron chi connectivity index (χ3n) is 6.42. The van der Waals surface area contributed by atoms with Crippen LogP contribution in [0.3, 0.4) is 0 Å². The Morgan fingerprint density at radius 3 is 2.44 bits per heavy atom. The topological polar surface area (TPSA) is 112 Å². The minimum absolute atomic E-state index is 0.112. The van der Waals surface area contributed by atoms with E-state index in [1.807, 2.05) is 30.3 Å². The predicted molar refractivity (Wildman–Crippen MR) is 139 cm³/mol. The number of alkyl carbamates (subject to hydrolysis) is 1. The van der Waals surface area contributed by atoms with E-state index in [1.165, 1.54) is 0 Å². The highest BCUT2D eigenvalue weighted by atomic mass is 32.3. The van der Waals surface area contributed by atoms with E-state index in [0.29, 0.717) is 38.9 Å². The average molecular weight is 525 g/mol. The maximum absolute atomic E-state index is 13.4. The fraction of sp³-hybridized carbons (Fsp3) is 0.654. The molecule has 1 aliphatic heterocycles. The number of rotatable bonds is 10. The summed E-state index contributed by atoms with van der Waals surface area (Å²) in [7, 11) is -0.903. The van der Waals surface area contributed by atoms with Gasteiger partial charge < -0.3 is 29.6 Å². The second-order valence-corrected chi connectivity index (χ2v) is 14.8. The standard InChI is InChI=1S/C26H40N2O7S/c1-5-32-24(30)20-17-26(34-14-15-35-26)13-11-21(20)27-23(29)22(12-16-36(2,3)4)28-25(31)33-18-19-9-7-6-8-10-19/h6-10,20-22H,5,11-18H2,1-4H3,(H,27,29)(H,28,31)/t20-,21+,22+/m1/s1. The zero-order valence-corrected chi connectivity index (χ0v) is 22.6. The fourth-order valence-corrected chi connectivity index (χ4v) is 5.46. The molecule has 2 aliphatic rings. The molecule has 0 radical (unpaired) electrons. The molecule has 10 heteroatoms. The van der Waals surface area contributed by atoms with Gasteiger partial charge in [-0.15, -0.1) is 0 Å². The van der Waals surface area contributed by atoms with Crippen LogP contribution in [0.15, 0.2) is 30.3 Å². The van der Waals surface area contributed by atoms with Crippen LogP contribution < -0.4 is 10.6 Å². The fourth-order valence-electron chi connectivity index (χ4n) is 4.52. The molecular formula is C26H40N2O7S. The molecule has 9 nitrogen and oxygen atoms in total. The molecule has 2 N–H and O–H groups in total. The summed E-state index contributed by atoms with van der Waals surface area (Å²) < 4.78 is 22.3. The summed E-state index contributed by atoms with van der Waals surface area (Å²) in [6, 6.07) is 8.14. The predicted octanol–water partition coefficient (Wildman–Crippen LogP) is 2.96. The van der Waals surface area contributed by atoms with E-state index in [0.717, 1.165) is 11.3 Å². The second kappa shape index (κ2) is 12.8. The maximum Gasteiger partial charge on any atom is 0.408 e. The van der Waals surface area contributed by atoms with Crippen molar-refractivity contribution in [2.24, 2.45) is 5.92 Å². The van der Waals surface area contributed by atoms with E-state index in [-0.39, 0.29) is 25.1 Å². The Labute approximate surface area is 215 Å². The molecule has 202 valence electrons.